The van der Waals surface area contributed by atoms with E-state index in [2.05, 4.69) is 0 Å². The van der Waals surface area contributed by atoms with Crippen molar-refractivity contribution in [2.75, 3.05) is 31.0 Å². The monoisotopic (exact) mass is 400 g/mol. The number of carbonyl (C=O) groups is 1. The van der Waals surface area contributed by atoms with Crippen molar-refractivity contribution in [1.82, 2.24) is 4.90 Å². The first kappa shape index (κ1) is 18.8. The average molecular weight is 401 g/mol. The molecule has 0 atom stereocenters. The maximum Gasteiger partial charge on any atom is 0.264 e. The van der Waals surface area contributed by atoms with Crippen LogP contribution in [0.5, 0.6) is 5.75 Å². The Bertz CT molecular complexity index is 997. The van der Waals surface area contributed by atoms with Gasteiger partial charge < -0.3 is 9.64 Å². The highest BCUT2D eigenvalue weighted by atomic mass is 32.2. The Morgan fingerprint density at radius 2 is 1.75 bits per heavy atom. The van der Waals surface area contributed by atoms with Crippen LogP contribution in [0.4, 0.5) is 5.69 Å². The van der Waals surface area contributed by atoms with Gasteiger partial charge >= 0.3 is 0 Å². The highest BCUT2D eigenvalue weighted by Gasteiger charge is 2.32. The van der Waals surface area contributed by atoms with Gasteiger partial charge in [-0.2, -0.15) is 0 Å². The molecule has 6 nitrogen and oxygen atoms in total. The summed E-state index contributed by atoms with van der Waals surface area (Å²) in [4.78, 5) is 14.9. The lowest BCUT2D eigenvalue weighted by Crippen LogP contribution is -2.36. The first-order valence-corrected chi connectivity index (χ1v) is 11.0. The molecule has 1 amide bonds. The Hall–Kier alpha value is -2.54. The maximum atomic E-state index is 13.3. The number of amides is 1. The van der Waals surface area contributed by atoms with Gasteiger partial charge in [-0.05, 0) is 55.5 Å². The van der Waals surface area contributed by atoms with Gasteiger partial charge in [0.2, 0.25) is 0 Å². The number of carbonyl (C=O) groups excluding carboxylic acids is 1. The van der Waals surface area contributed by atoms with Crippen LogP contribution in [-0.4, -0.2) is 46.0 Å². The average Bonchev–Trinajstić information content (AvgIpc) is 3.18. The summed E-state index contributed by atoms with van der Waals surface area (Å²) in [6, 6.07) is 12.1. The molecule has 0 N–H and O–H groups in total. The molecule has 148 valence electrons. The summed E-state index contributed by atoms with van der Waals surface area (Å²) in [6.45, 7) is 1.79. The first-order valence-electron chi connectivity index (χ1n) is 9.60. The molecule has 7 heteroatoms. The van der Waals surface area contributed by atoms with Crippen molar-refractivity contribution in [2.24, 2.45) is 0 Å². The van der Waals surface area contributed by atoms with Crippen molar-refractivity contribution in [3.8, 4) is 5.75 Å². The van der Waals surface area contributed by atoms with E-state index in [1.807, 2.05) is 24.3 Å². The van der Waals surface area contributed by atoms with Crippen LogP contribution in [0.3, 0.4) is 0 Å². The van der Waals surface area contributed by atoms with Gasteiger partial charge in [0, 0.05) is 19.6 Å². The summed E-state index contributed by atoms with van der Waals surface area (Å²) in [5.74, 6) is 0.228. The number of fused-ring (bicyclic) bond motifs is 1. The van der Waals surface area contributed by atoms with E-state index >= 15 is 0 Å². The molecular weight excluding hydrogens is 376 g/mol. The largest absolute Gasteiger partial charge is 0.496 e. The lowest BCUT2D eigenvalue weighted by molar-refractivity contribution is 0.0720. The molecule has 2 aliphatic heterocycles. The zero-order chi connectivity index (χ0) is 19.7. The number of piperidine rings is 1. The van der Waals surface area contributed by atoms with Gasteiger partial charge in [0.25, 0.3) is 15.9 Å². The number of anilines is 1. The third-order valence-corrected chi connectivity index (χ3v) is 7.29. The van der Waals surface area contributed by atoms with Gasteiger partial charge in [-0.15, -0.1) is 0 Å². The first-order chi connectivity index (χ1) is 13.5. The van der Waals surface area contributed by atoms with E-state index in [9.17, 15) is 13.2 Å². The van der Waals surface area contributed by atoms with Gasteiger partial charge in [0.15, 0.2) is 0 Å². The van der Waals surface area contributed by atoms with E-state index in [1.165, 1.54) is 23.5 Å². The van der Waals surface area contributed by atoms with Crippen LogP contribution in [0.25, 0.3) is 0 Å². The number of hydrogen-bond acceptors (Lipinski definition) is 4. The number of hydrogen-bond donors (Lipinski definition) is 0. The van der Waals surface area contributed by atoms with Gasteiger partial charge in [-0.3, -0.25) is 9.10 Å². The highest BCUT2D eigenvalue weighted by molar-refractivity contribution is 7.92. The van der Waals surface area contributed by atoms with Gasteiger partial charge in [-0.25, -0.2) is 8.42 Å². The zero-order valence-corrected chi connectivity index (χ0v) is 16.7. The van der Waals surface area contributed by atoms with E-state index in [0.29, 0.717) is 43.1 Å². The molecule has 2 aromatic carbocycles. The van der Waals surface area contributed by atoms with Crippen LogP contribution in [0.15, 0.2) is 47.4 Å². The Kier molecular flexibility index (Phi) is 5.02. The molecule has 0 aliphatic carbocycles. The van der Waals surface area contributed by atoms with Crippen molar-refractivity contribution in [2.45, 2.75) is 30.6 Å². The third-order valence-electron chi connectivity index (χ3n) is 5.48. The topological polar surface area (TPSA) is 66.9 Å². The zero-order valence-electron chi connectivity index (χ0n) is 15.9. The molecule has 4 rings (SSSR count). The normalized spacial score (nSPS) is 16.8. The second-order valence-electron chi connectivity index (χ2n) is 7.17. The lowest BCUT2D eigenvalue weighted by Gasteiger charge is -2.27. The van der Waals surface area contributed by atoms with Crippen molar-refractivity contribution >= 4 is 21.6 Å². The minimum Gasteiger partial charge on any atom is -0.496 e. The Morgan fingerprint density at radius 3 is 2.50 bits per heavy atom. The fraction of sp³-hybridized carbons (Fsp3) is 0.381. The fourth-order valence-corrected chi connectivity index (χ4v) is 5.50. The maximum absolute atomic E-state index is 13.3. The highest BCUT2D eigenvalue weighted by Crippen LogP contribution is 2.34. The molecule has 0 bridgehead atoms. The number of benzene rings is 2. The van der Waals surface area contributed by atoms with Crippen LogP contribution >= 0.6 is 0 Å². The van der Waals surface area contributed by atoms with Crippen LogP contribution in [0.1, 0.15) is 35.2 Å². The van der Waals surface area contributed by atoms with Crippen molar-refractivity contribution in [1.29, 1.82) is 0 Å². The minimum absolute atomic E-state index is 0.116. The minimum atomic E-state index is -3.76. The van der Waals surface area contributed by atoms with Crippen molar-refractivity contribution < 1.29 is 17.9 Å². The molecule has 1 saturated heterocycles. The van der Waals surface area contributed by atoms with E-state index in [-0.39, 0.29) is 10.8 Å². The number of para-hydroxylation sites is 1. The molecule has 28 heavy (non-hydrogen) atoms. The summed E-state index contributed by atoms with van der Waals surface area (Å²) in [6.07, 6.45) is 3.74. The van der Waals surface area contributed by atoms with Crippen LogP contribution in [0.2, 0.25) is 0 Å². The van der Waals surface area contributed by atoms with Gasteiger partial charge in [0.05, 0.1) is 23.3 Å². The Labute approximate surface area is 165 Å². The van der Waals surface area contributed by atoms with E-state index in [4.69, 9.17) is 4.74 Å². The lowest BCUT2D eigenvalue weighted by atomic mass is 10.1. The summed E-state index contributed by atoms with van der Waals surface area (Å²) >= 11 is 0. The molecule has 2 aliphatic rings. The number of methoxy groups -OCH3 is 1. The molecular formula is C21H24N2O4S. The summed E-state index contributed by atoms with van der Waals surface area (Å²) in [7, 11) is -2.26. The van der Waals surface area contributed by atoms with Crippen LogP contribution in [-0.2, 0) is 16.4 Å². The molecule has 0 aromatic heterocycles. The molecule has 2 heterocycles. The molecule has 1 fully saturated rings. The number of nitrogens with zero attached hydrogens (tertiary/aromatic N) is 2. The third kappa shape index (κ3) is 3.24. The number of likely N-dealkylation sites (tertiary alicyclic amines) is 1. The summed E-state index contributed by atoms with van der Waals surface area (Å²) in [5, 5.41) is 0. The fourth-order valence-electron chi connectivity index (χ4n) is 3.97. The number of rotatable bonds is 4. The van der Waals surface area contributed by atoms with Crippen LogP contribution < -0.4 is 9.04 Å². The SMILES string of the molecule is COc1ccc(S(=O)(=O)N2CCc3ccccc32)cc1C(=O)N1CCCCC1. The van der Waals surface area contributed by atoms with E-state index in [0.717, 1.165) is 24.8 Å². The van der Waals surface area contributed by atoms with Crippen molar-refractivity contribution in [3.05, 3.63) is 53.6 Å². The Morgan fingerprint density at radius 1 is 1.00 bits per heavy atom. The standard InChI is InChI=1S/C21H24N2O4S/c1-27-20-10-9-17(15-18(20)21(24)22-12-5-2-6-13-22)28(25,26)23-14-11-16-7-3-4-8-19(16)23/h3-4,7-10,15H,2,5-6,11-14H2,1H3. The number of sulfonamides is 1. The second kappa shape index (κ2) is 7.47. The second-order valence-corrected chi connectivity index (χ2v) is 9.03. The number of ether oxygens (including phenoxy) is 1. The van der Waals surface area contributed by atoms with E-state index < -0.39 is 10.0 Å². The van der Waals surface area contributed by atoms with Crippen molar-refractivity contribution in [3.63, 3.8) is 0 Å². The molecule has 0 spiro atoms. The van der Waals surface area contributed by atoms with Crippen LogP contribution in [0, 0.1) is 0 Å². The molecule has 0 unspecified atom stereocenters. The van der Waals surface area contributed by atoms with E-state index in [1.54, 1.807) is 11.0 Å². The Balaban J connectivity index is 1.71. The van der Waals surface area contributed by atoms with Gasteiger partial charge in [-0.1, -0.05) is 18.2 Å². The predicted molar refractivity (Wildman–Crippen MR) is 107 cm³/mol. The molecule has 0 radical (unpaired) electrons. The smallest absolute Gasteiger partial charge is 0.264 e. The molecule has 0 saturated carbocycles. The predicted octanol–water partition coefficient (Wildman–Crippen LogP) is 3.07. The van der Waals surface area contributed by atoms with Gasteiger partial charge in [0.1, 0.15) is 5.75 Å². The quantitative estimate of drug-likeness (QED) is 0.791. The summed E-state index contributed by atoms with van der Waals surface area (Å²) in [5.41, 5.74) is 2.03. The summed E-state index contributed by atoms with van der Waals surface area (Å²) < 4.78 is 33.4. The molecule has 2 aromatic rings.